The smallest absolute Gasteiger partial charge is 0.262 e. The maximum absolute atomic E-state index is 12.2. The maximum Gasteiger partial charge on any atom is 0.262 e. The highest BCUT2D eigenvalue weighted by Gasteiger charge is 2.25. The summed E-state index contributed by atoms with van der Waals surface area (Å²) in [5.74, 6) is 0.0562. The van der Waals surface area contributed by atoms with Crippen molar-refractivity contribution in [3.05, 3.63) is 23.8 Å². The van der Waals surface area contributed by atoms with Gasteiger partial charge in [-0.2, -0.15) is 0 Å². The Bertz CT molecular complexity index is 573. The molecule has 1 aromatic carbocycles. The number of fused-ring (bicyclic) bond motifs is 1. The first-order valence-electron chi connectivity index (χ1n) is 7.19. The Labute approximate surface area is 122 Å². The van der Waals surface area contributed by atoms with Crippen LogP contribution < -0.4 is 15.4 Å². The van der Waals surface area contributed by atoms with Crippen molar-refractivity contribution in [2.24, 2.45) is 0 Å². The van der Waals surface area contributed by atoms with Crippen LogP contribution in [-0.2, 0) is 4.79 Å². The molecule has 0 radical (unpaired) electrons. The van der Waals surface area contributed by atoms with Crippen LogP contribution in [-0.4, -0.2) is 35.7 Å². The molecule has 1 fully saturated rings. The number of ether oxygens (including phenoxy) is 1. The van der Waals surface area contributed by atoms with Crippen molar-refractivity contribution in [3.63, 3.8) is 0 Å². The van der Waals surface area contributed by atoms with Gasteiger partial charge < -0.3 is 20.5 Å². The van der Waals surface area contributed by atoms with Gasteiger partial charge in [-0.3, -0.25) is 9.59 Å². The molecule has 2 atom stereocenters. The van der Waals surface area contributed by atoms with E-state index in [1.807, 2.05) is 0 Å². The topological polar surface area (TPSA) is 87.7 Å². The van der Waals surface area contributed by atoms with Crippen LogP contribution in [0.4, 0.5) is 5.69 Å². The van der Waals surface area contributed by atoms with E-state index in [2.05, 4.69) is 10.6 Å². The maximum atomic E-state index is 12.2. The molecule has 2 amide bonds. The van der Waals surface area contributed by atoms with Crippen LogP contribution in [0.15, 0.2) is 18.2 Å². The number of anilines is 1. The number of amides is 2. The SMILES string of the molecule is O=C1COc2cc(C(=O)N[C@H]3CCCC[C@@H]3O)ccc2N1. The Morgan fingerprint density at radius 3 is 2.95 bits per heavy atom. The standard InChI is InChI=1S/C15H18N2O4/c18-12-4-2-1-3-10(12)17-15(20)9-5-6-11-13(7-9)21-8-14(19)16-11/h5-7,10,12,18H,1-4,8H2,(H,16,19)(H,17,20)/t10-,12-/m0/s1. The number of hydrogen-bond donors (Lipinski definition) is 3. The number of hydrogen-bond acceptors (Lipinski definition) is 4. The van der Waals surface area contributed by atoms with Crippen molar-refractivity contribution in [1.29, 1.82) is 0 Å². The van der Waals surface area contributed by atoms with Gasteiger partial charge in [-0.1, -0.05) is 12.8 Å². The molecule has 3 rings (SSSR count). The van der Waals surface area contributed by atoms with Gasteiger partial charge in [-0.05, 0) is 31.0 Å². The molecule has 0 bridgehead atoms. The lowest BCUT2D eigenvalue weighted by Gasteiger charge is -2.28. The van der Waals surface area contributed by atoms with Crippen LogP contribution in [0, 0.1) is 0 Å². The third kappa shape index (κ3) is 3.00. The van der Waals surface area contributed by atoms with Gasteiger partial charge in [0.1, 0.15) is 5.75 Å². The van der Waals surface area contributed by atoms with E-state index in [0.717, 1.165) is 25.7 Å². The summed E-state index contributed by atoms with van der Waals surface area (Å²) >= 11 is 0. The van der Waals surface area contributed by atoms with E-state index in [1.54, 1.807) is 18.2 Å². The normalized spacial score (nSPS) is 24.5. The fourth-order valence-corrected chi connectivity index (χ4v) is 2.75. The number of benzene rings is 1. The van der Waals surface area contributed by atoms with Crippen molar-refractivity contribution in [2.75, 3.05) is 11.9 Å². The van der Waals surface area contributed by atoms with Crippen molar-refractivity contribution in [3.8, 4) is 5.75 Å². The van der Waals surface area contributed by atoms with E-state index in [1.165, 1.54) is 0 Å². The Hall–Kier alpha value is -2.08. The fraction of sp³-hybridized carbons (Fsp3) is 0.467. The minimum absolute atomic E-state index is 0.0423. The molecule has 0 unspecified atom stereocenters. The number of nitrogens with one attached hydrogen (secondary N) is 2. The van der Waals surface area contributed by atoms with Gasteiger partial charge in [0, 0.05) is 5.56 Å². The quantitative estimate of drug-likeness (QED) is 0.759. The Morgan fingerprint density at radius 1 is 1.33 bits per heavy atom. The van der Waals surface area contributed by atoms with Crippen LogP contribution in [0.25, 0.3) is 0 Å². The summed E-state index contributed by atoms with van der Waals surface area (Å²) in [6, 6.07) is 4.71. The van der Waals surface area contributed by atoms with E-state index in [9.17, 15) is 14.7 Å². The molecule has 112 valence electrons. The van der Waals surface area contributed by atoms with Gasteiger partial charge in [0.15, 0.2) is 6.61 Å². The predicted octanol–water partition coefficient (Wildman–Crippen LogP) is 1.05. The largest absolute Gasteiger partial charge is 0.482 e. The second-order valence-corrected chi connectivity index (χ2v) is 5.48. The molecule has 1 aromatic rings. The van der Waals surface area contributed by atoms with Crippen molar-refractivity contribution in [1.82, 2.24) is 5.32 Å². The summed E-state index contributed by atoms with van der Waals surface area (Å²) in [5, 5.41) is 15.4. The molecule has 0 spiro atoms. The minimum Gasteiger partial charge on any atom is -0.482 e. The molecule has 1 saturated carbocycles. The molecular formula is C15H18N2O4. The van der Waals surface area contributed by atoms with Gasteiger partial charge >= 0.3 is 0 Å². The number of aliphatic hydroxyl groups excluding tert-OH is 1. The van der Waals surface area contributed by atoms with E-state index in [0.29, 0.717) is 17.0 Å². The van der Waals surface area contributed by atoms with E-state index in [-0.39, 0.29) is 24.5 Å². The Morgan fingerprint density at radius 2 is 2.14 bits per heavy atom. The summed E-state index contributed by atoms with van der Waals surface area (Å²) in [6.45, 7) is -0.0423. The zero-order valence-corrected chi connectivity index (χ0v) is 11.6. The molecule has 6 heteroatoms. The lowest BCUT2D eigenvalue weighted by atomic mass is 9.92. The number of carbonyl (C=O) groups is 2. The minimum atomic E-state index is -0.476. The number of aliphatic hydroxyl groups is 1. The van der Waals surface area contributed by atoms with Crippen LogP contribution >= 0.6 is 0 Å². The first-order chi connectivity index (χ1) is 10.1. The molecule has 1 aliphatic heterocycles. The molecule has 3 N–H and O–H groups in total. The lowest BCUT2D eigenvalue weighted by Crippen LogP contribution is -2.45. The summed E-state index contributed by atoms with van der Waals surface area (Å²) in [7, 11) is 0. The monoisotopic (exact) mass is 290 g/mol. The molecule has 0 saturated heterocycles. The summed E-state index contributed by atoms with van der Waals surface area (Å²) in [4.78, 5) is 23.4. The highest BCUT2D eigenvalue weighted by Crippen LogP contribution is 2.28. The third-order valence-electron chi connectivity index (χ3n) is 3.92. The first kappa shape index (κ1) is 13.9. The van der Waals surface area contributed by atoms with Crippen LogP contribution in [0.5, 0.6) is 5.75 Å². The average molecular weight is 290 g/mol. The average Bonchev–Trinajstić information content (AvgIpc) is 2.49. The van der Waals surface area contributed by atoms with Crippen LogP contribution in [0.1, 0.15) is 36.0 Å². The highest BCUT2D eigenvalue weighted by atomic mass is 16.5. The second kappa shape index (κ2) is 5.73. The number of carbonyl (C=O) groups excluding carboxylic acids is 2. The van der Waals surface area contributed by atoms with Crippen LogP contribution in [0.2, 0.25) is 0 Å². The number of rotatable bonds is 2. The van der Waals surface area contributed by atoms with Gasteiger partial charge in [0.2, 0.25) is 0 Å². The molecule has 1 heterocycles. The zero-order valence-electron chi connectivity index (χ0n) is 11.6. The van der Waals surface area contributed by atoms with Crippen molar-refractivity contribution < 1.29 is 19.4 Å². The van der Waals surface area contributed by atoms with E-state index < -0.39 is 6.10 Å². The highest BCUT2D eigenvalue weighted by molar-refractivity contribution is 5.99. The molecule has 6 nitrogen and oxygen atoms in total. The molecular weight excluding hydrogens is 272 g/mol. The Balaban J connectivity index is 1.71. The predicted molar refractivity (Wildman–Crippen MR) is 76.3 cm³/mol. The summed E-state index contributed by atoms with van der Waals surface area (Å²) < 4.78 is 5.30. The van der Waals surface area contributed by atoms with Gasteiger partial charge in [0.25, 0.3) is 11.8 Å². The molecule has 0 aromatic heterocycles. The fourth-order valence-electron chi connectivity index (χ4n) is 2.75. The second-order valence-electron chi connectivity index (χ2n) is 5.48. The van der Waals surface area contributed by atoms with Crippen LogP contribution in [0.3, 0.4) is 0 Å². The molecule has 1 aliphatic carbocycles. The first-order valence-corrected chi connectivity index (χ1v) is 7.19. The van der Waals surface area contributed by atoms with Crippen molar-refractivity contribution >= 4 is 17.5 Å². The van der Waals surface area contributed by atoms with Gasteiger partial charge in [-0.15, -0.1) is 0 Å². The molecule has 21 heavy (non-hydrogen) atoms. The zero-order chi connectivity index (χ0) is 14.8. The Kier molecular flexibility index (Phi) is 3.79. The van der Waals surface area contributed by atoms with Gasteiger partial charge in [0.05, 0.1) is 17.8 Å². The van der Waals surface area contributed by atoms with E-state index >= 15 is 0 Å². The lowest BCUT2D eigenvalue weighted by molar-refractivity contribution is -0.118. The third-order valence-corrected chi connectivity index (χ3v) is 3.92. The molecule has 2 aliphatic rings. The van der Waals surface area contributed by atoms with E-state index in [4.69, 9.17) is 4.74 Å². The van der Waals surface area contributed by atoms with Crippen molar-refractivity contribution in [2.45, 2.75) is 37.8 Å². The van der Waals surface area contributed by atoms with Gasteiger partial charge in [-0.25, -0.2) is 0 Å². The summed E-state index contributed by atoms with van der Waals surface area (Å²) in [6.07, 6.45) is 3.06. The summed E-state index contributed by atoms with van der Waals surface area (Å²) in [5.41, 5.74) is 1.03.